The number of rotatable bonds is 48. The smallest absolute Gasteiger partial charge is 0.407 e. The summed E-state index contributed by atoms with van der Waals surface area (Å²) in [4.78, 5) is 76.8. The third-order valence-electron chi connectivity index (χ3n) is 10.9. The minimum atomic E-state index is -0.441. The van der Waals surface area contributed by atoms with Gasteiger partial charge in [-0.3, -0.25) is 29.0 Å². The highest BCUT2D eigenvalue weighted by Gasteiger charge is 2.14. The van der Waals surface area contributed by atoms with Gasteiger partial charge in [-0.2, -0.15) is 0 Å². The van der Waals surface area contributed by atoms with E-state index in [1.54, 1.807) is 0 Å². The summed E-state index contributed by atoms with van der Waals surface area (Å²) in [7, 11) is 0. The number of Topliss-reactive ketones (excluding diaryl/α,β-unsaturated/α-hetero) is 1. The van der Waals surface area contributed by atoms with Crippen molar-refractivity contribution >= 4 is 35.8 Å². The maximum absolute atomic E-state index is 12.3. The Morgan fingerprint density at radius 3 is 1.18 bits per heavy atom. The number of alkyl carbamates (subject to hydrolysis) is 1. The van der Waals surface area contributed by atoms with E-state index < -0.39 is 6.09 Å². The van der Waals surface area contributed by atoms with Crippen LogP contribution in [0.5, 0.6) is 0 Å². The summed E-state index contributed by atoms with van der Waals surface area (Å²) in [6.07, 6.45) is 17.8. The Morgan fingerprint density at radius 2 is 0.735 bits per heavy atom. The molecule has 68 heavy (non-hydrogen) atoms. The van der Waals surface area contributed by atoms with E-state index in [2.05, 4.69) is 20.9 Å². The highest BCUT2D eigenvalue weighted by molar-refractivity contribution is 5.78. The average molecular weight is 972 g/mol. The van der Waals surface area contributed by atoms with Crippen LogP contribution >= 0.6 is 0 Å². The molecule has 0 saturated heterocycles. The molecule has 0 spiro atoms. The van der Waals surface area contributed by atoms with Gasteiger partial charge in [0.25, 0.3) is 0 Å². The Kier molecular flexibility index (Phi) is 44.7. The molecule has 3 amide bonds. The fraction of sp³-hybridized carbons (Fsp3) is 0.882. The SMILES string of the molecule is CCCOC(=O)CCN(CCOC(=O)CCCCCCCNC(=O)NCCCCCCCC(=O)CCCCCCCNC(=O)OCCN(CCOC(C)C)CCC(=O)OCCC)CCOC(C)C. The molecule has 0 saturated carbocycles. The second kappa shape index (κ2) is 47.2. The van der Waals surface area contributed by atoms with Crippen molar-refractivity contribution in [3.63, 3.8) is 0 Å². The number of carbonyl (C=O) groups excluding carboxylic acids is 6. The summed E-state index contributed by atoms with van der Waals surface area (Å²) in [5.74, 6) is -0.325. The van der Waals surface area contributed by atoms with Crippen molar-refractivity contribution in [3.05, 3.63) is 0 Å². The number of amides is 3. The van der Waals surface area contributed by atoms with Crippen molar-refractivity contribution in [1.82, 2.24) is 25.8 Å². The number of hydrogen-bond acceptors (Lipinski definition) is 14. The molecule has 0 atom stereocenters. The zero-order valence-electron chi connectivity index (χ0n) is 43.6. The summed E-state index contributed by atoms with van der Waals surface area (Å²) in [5, 5.41) is 8.65. The van der Waals surface area contributed by atoms with Crippen molar-refractivity contribution in [2.45, 2.75) is 195 Å². The van der Waals surface area contributed by atoms with Gasteiger partial charge in [-0.1, -0.05) is 71.6 Å². The Hall–Kier alpha value is -3.54. The number of nitrogens with one attached hydrogen (secondary N) is 3. The minimum Gasteiger partial charge on any atom is -0.466 e. The fourth-order valence-corrected chi connectivity index (χ4v) is 6.92. The molecule has 0 aromatic rings. The lowest BCUT2D eigenvalue weighted by atomic mass is 10.0. The van der Waals surface area contributed by atoms with Gasteiger partial charge in [-0.05, 0) is 79.1 Å². The standard InChI is InChI=1S/C51H97N5O12/c1-7-38-65-48(59)27-32-55(34-40-63-44(3)4)36-42-67-47(58)26-20-14-11-16-22-30-53-50(61)52-29-21-15-9-12-18-24-46(57)25-19-13-10-17-23-31-54-51(62)68-43-37-56(35-41-64-45(5)6)33-28-49(60)66-39-8-2/h44-45H,7-43H2,1-6H3,(H,54,62)(H2,52,53,61). The van der Waals surface area contributed by atoms with Gasteiger partial charge >= 0.3 is 30.0 Å². The Balaban J connectivity index is 3.74. The maximum Gasteiger partial charge on any atom is 0.407 e. The van der Waals surface area contributed by atoms with E-state index in [9.17, 15) is 28.8 Å². The lowest BCUT2D eigenvalue weighted by Crippen LogP contribution is -2.36. The lowest BCUT2D eigenvalue weighted by Gasteiger charge is -2.22. The number of urea groups is 1. The van der Waals surface area contributed by atoms with Crippen LogP contribution in [0.2, 0.25) is 0 Å². The number of ketones is 1. The third-order valence-corrected chi connectivity index (χ3v) is 10.9. The van der Waals surface area contributed by atoms with Gasteiger partial charge in [0, 0.05) is 78.2 Å². The van der Waals surface area contributed by atoms with Crippen LogP contribution < -0.4 is 16.0 Å². The van der Waals surface area contributed by atoms with Crippen LogP contribution in [-0.2, 0) is 47.6 Å². The number of hydrogen-bond donors (Lipinski definition) is 3. The van der Waals surface area contributed by atoms with Gasteiger partial charge in [0.2, 0.25) is 0 Å². The molecule has 0 heterocycles. The first-order valence-corrected chi connectivity index (χ1v) is 26.4. The first-order chi connectivity index (χ1) is 32.9. The van der Waals surface area contributed by atoms with Gasteiger partial charge in [0.15, 0.2) is 0 Å². The molecular weight excluding hydrogens is 875 g/mol. The molecule has 0 radical (unpaired) electrons. The molecule has 3 N–H and O–H groups in total. The maximum atomic E-state index is 12.3. The predicted octanol–water partition coefficient (Wildman–Crippen LogP) is 8.29. The predicted molar refractivity (Wildman–Crippen MR) is 267 cm³/mol. The largest absolute Gasteiger partial charge is 0.466 e. The number of esters is 3. The lowest BCUT2D eigenvalue weighted by molar-refractivity contribution is -0.146. The fourth-order valence-electron chi connectivity index (χ4n) is 6.92. The Bertz CT molecular complexity index is 1180. The summed E-state index contributed by atoms with van der Waals surface area (Å²) < 4.78 is 32.4. The summed E-state index contributed by atoms with van der Waals surface area (Å²) in [6, 6.07) is -0.142. The Morgan fingerprint density at radius 1 is 0.382 bits per heavy atom. The molecule has 17 nitrogen and oxygen atoms in total. The second-order valence-corrected chi connectivity index (χ2v) is 18.0. The first-order valence-electron chi connectivity index (χ1n) is 26.4. The molecule has 0 unspecified atom stereocenters. The molecule has 0 aromatic heterocycles. The zero-order chi connectivity index (χ0) is 50.3. The van der Waals surface area contributed by atoms with E-state index in [4.69, 9.17) is 28.4 Å². The van der Waals surface area contributed by atoms with Crippen LogP contribution in [-0.4, -0.2) is 156 Å². The van der Waals surface area contributed by atoms with E-state index >= 15 is 0 Å². The highest BCUT2D eigenvalue weighted by Crippen LogP contribution is 2.11. The first kappa shape index (κ1) is 64.5. The van der Waals surface area contributed by atoms with Crippen molar-refractivity contribution in [1.29, 1.82) is 0 Å². The minimum absolute atomic E-state index is 0.120. The van der Waals surface area contributed by atoms with Crippen molar-refractivity contribution in [2.75, 3.05) is 98.5 Å². The van der Waals surface area contributed by atoms with Crippen LogP contribution in [0.1, 0.15) is 183 Å². The number of ether oxygens (including phenoxy) is 6. The van der Waals surface area contributed by atoms with Crippen molar-refractivity contribution in [3.8, 4) is 0 Å². The molecule has 0 aliphatic heterocycles. The van der Waals surface area contributed by atoms with Gasteiger partial charge < -0.3 is 44.4 Å². The van der Waals surface area contributed by atoms with E-state index in [-0.39, 0.29) is 55.8 Å². The van der Waals surface area contributed by atoms with Crippen LogP contribution in [0.15, 0.2) is 0 Å². The highest BCUT2D eigenvalue weighted by atomic mass is 16.6. The van der Waals surface area contributed by atoms with Crippen molar-refractivity contribution < 1.29 is 57.2 Å². The van der Waals surface area contributed by atoms with Crippen LogP contribution in [0.25, 0.3) is 0 Å². The molecule has 398 valence electrons. The average Bonchev–Trinajstić information content (AvgIpc) is 3.30. The van der Waals surface area contributed by atoms with E-state index in [0.717, 1.165) is 109 Å². The molecule has 0 aliphatic rings. The number of unbranched alkanes of at least 4 members (excludes halogenated alkanes) is 12. The topological polar surface area (TPSA) is 200 Å². The van der Waals surface area contributed by atoms with Gasteiger partial charge in [0.1, 0.15) is 19.0 Å². The van der Waals surface area contributed by atoms with E-state index in [1.807, 2.05) is 46.4 Å². The number of carbonyl (C=O) groups is 6. The quantitative estimate of drug-likeness (QED) is 0.0299. The van der Waals surface area contributed by atoms with Crippen LogP contribution in [0.3, 0.4) is 0 Å². The molecule has 0 aliphatic carbocycles. The number of nitrogens with zero attached hydrogens (tertiary/aromatic N) is 2. The van der Waals surface area contributed by atoms with Crippen molar-refractivity contribution in [2.24, 2.45) is 0 Å². The van der Waals surface area contributed by atoms with E-state index in [1.165, 1.54) is 0 Å². The van der Waals surface area contributed by atoms with E-state index in [0.29, 0.717) is 117 Å². The van der Waals surface area contributed by atoms with Gasteiger partial charge in [0.05, 0.1) is 51.5 Å². The normalized spacial score (nSPS) is 11.3. The molecule has 0 bridgehead atoms. The van der Waals surface area contributed by atoms with Gasteiger partial charge in [-0.15, -0.1) is 0 Å². The molecule has 0 rings (SSSR count). The van der Waals surface area contributed by atoms with Crippen LogP contribution in [0, 0.1) is 0 Å². The summed E-state index contributed by atoms with van der Waals surface area (Å²) in [6.45, 7) is 19.4. The second-order valence-electron chi connectivity index (χ2n) is 18.0. The van der Waals surface area contributed by atoms with Crippen LogP contribution in [0.4, 0.5) is 9.59 Å². The molecule has 17 heteroatoms. The zero-order valence-corrected chi connectivity index (χ0v) is 43.6. The summed E-state index contributed by atoms with van der Waals surface area (Å²) >= 11 is 0. The molecular formula is C51H97N5O12. The van der Waals surface area contributed by atoms with Gasteiger partial charge in [-0.25, -0.2) is 9.59 Å². The molecule has 0 fully saturated rings. The molecule has 0 aromatic carbocycles. The Labute approximate surface area is 411 Å². The third kappa shape index (κ3) is 46.2. The monoisotopic (exact) mass is 972 g/mol. The summed E-state index contributed by atoms with van der Waals surface area (Å²) in [5.41, 5.74) is 0.